The van der Waals surface area contributed by atoms with E-state index in [0.717, 1.165) is 12.8 Å². The Hall–Kier alpha value is -1.85. The molecule has 6 nitrogen and oxygen atoms in total. The average Bonchev–Trinajstić information content (AvgIpc) is 2.95. The molecular formula is C14H19N3O3. The molecule has 1 N–H and O–H groups in total. The molecule has 0 aromatic carbocycles. The average molecular weight is 277 g/mol. The van der Waals surface area contributed by atoms with E-state index >= 15 is 0 Å². The SMILES string of the molecule is CC(C)Oc1ccnc(N2C3CCC2C(C(=O)O)C3)n1. The van der Waals surface area contributed by atoms with E-state index in [9.17, 15) is 9.90 Å². The second-order valence-corrected chi connectivity index (χ2v) is 5.75. The Morgan fingerprint density at radius 3 is 2.95 bits per heavy atom. The molecule has 0 amide bonds. The quantitative estimate of drug-likeness (QED) is 0.903. The van der Waals surface area contributed by atoms with Crippen LogP contribution in [0.1, 0.15) is 33.1 Å². The number of hydrogen-bond acceptors (Lipinski definition) is 5. The fraction of sp³-hybridized carbons (Fsp3) is 0.643. The molecule has 0 spiro atoms. The molecule has 2 aliphatic rings. The minimum Gasteiger partial charge on any atom is -0.481 e. The Bertz CT molecular complexity index is 520. The van der Waals surface area contributed by atoms with Gasteiger partial charge in [-0.3, -0.25) is 4.79 Å². The van der Waals surface area contributed by atoms with Crippen LogP contribution < -0.4 is 9.64 Å². The van der Waals surface area contributed by atoms with Crippen LogP contribution in [0.3, 0.4) is 0 Å². The van der Waals surface area contributed by atoms with Gasteiger partial charge in [0.15, 0.2) is 0 Å². The van der Waals surface area contributed by atoms with Crippen LogP contribution in [0.15, 0.2) is 12.3 Å². The van der Waals surface area contributed by atoms with Crippen molar-refractivity contribution in [2.45, 2.75) is 51.3 Å². The third-order valence-corrected chi connectivity index (χ3v) is 4.06. The Morgan fingerprint density at radius 2 is 2.30 bits per heavy atom. The van der Waals surface area contributed by atoms with E-state index in [4.69, 9.17) is 4.74 Å². The molecule has 6 heteroatoms. The van der Waals surface area contributed by atoms with E-state index in [1.54, 1.807) is 12.3 Å². The fourth-order valence-corrected chi connectivity index (χ4v) is 3.33. The van der Waals surface area contributed by atoms with Gasteiger partial charge in [0.05, 0.1) is 12.0 Å². The molecule has 1 aromatic rings. The van der Waals surface area contributed by atoms with Crippen LogP contribution in [0.2, 0.25) is 0 Å². The second-order valence-electron chi connectivity index (χ2n) is 5.75. The fourth-order valence-electron chi connectivity index (χ4n) is 3.33. The smallest absolute Gasteiger partial charge is 0.308 e. The van der Waals surface area contributed by atoms with E-state index in [2.05, 4.69) is 14.9 Å². The number of rotatable bonds is 4. The minimum absolute atomic E-state index is 0.0202. The Morgan fingerprint density at radius 1 is 1.50 bits per heavy atom. The van der Waals surface area contributed by atoms with Crippen LogP contribution in [-0.4, -0.2) is 39.2 Å². The summed E-state index contributed by atoms with van der Waals surface area (Å²) in [5.41, 5.74) is 0. The first-order chi connectivity index (χ1) is 9.56. The number of carboxylic acid groups (broad SMARTS) is 1. The maximum atomic E-state index is 11.3. The van der Waals surface area contributed by atoms with Gasteiger partial charge in [-0.2, -0.15) is 4.98 Å². The lowest BCUT2D eigenvalue weighted by molar-refractivity contribution is -0.142. The van der Waals surface area contributed by atoms with Crippen molar-refractivity contribution in [1.29, 1.82) is 0 Å². The Labute approximate surface area is 117 Å². The van der Waals surface area contributed by atoms with Crippen LogP contribution in [0.25, 0.3) is 0 Å². The Kier molecular flexibility index (Phi) is 3.23. The third kappa shape index (κ3) is 2.19. The van der Waals surface area contributed by atoms with Gasteiger partial charge in [-0.05, 0) is 33.1 Å². The normalized spacial score (nSPS) is 28.1. The number of aromatic nitrogens is 2. The van der Waals surface area contributed by atoms with Gasteiger partial charge in [-0.25, -0.2) is 4.98 Å². The summed E-state index contributed by atoms with van der Waals surface area (Å²) in [5.74, 6) is 0.131. The van der Waals surface area contributed by atoms with Crippen LogP contribution in [0.5, 0.6) is 5.88 Å². The predicted octanol–water partition coefficient (Wildman–Crippen LogP) is 1.71. The summed E-state index contributed by atoms with van der Waals surface area (Å²) < 4.78 is 5.59. The molecule has 0 aliphatic carbocycles. The van der Waals surface area contributed by atoms with Crippen molar-refractivity contribution in [3.63, 3.8) is 0 Å². The highest BCUT2D eigenvalue weighted by Crippen LogP contribution is 2.43. The zero-order valence-electron chi connectivity index (χ0n) is 11.7. The molecule has 3 unspecified atom stereocenters. The van der Waals surface area contributed by atoms with Crippen molar-refractivity contribution in [2.24, 2.45) is 5.92 Å². The molecule has 2 fully saturated rings. The molecule has 2 aliphatic heterocycles. The standard InChI is InChI=1S/C14H19N3O3/c1-8(2)20-12-5-6-15-14(16-12)17-9-3-4-11(17)10(7-9)13(18)19/h5-6,8-11H,3-4,7H2,1-2H3,(H,18,19). The molecule has 3 rings (SSSR count). The first kappa shape index (κ1) is 13.1. The van der Waals surface area contributed by atoms with Gasteiger partial charge >= 0.3 is 5.97 Å². The van der Waals surface area contributed by atoms with Gasteiger partial charge in [0.2, 0.25) is 11.8 Å². The predicted molar refractivity (Wildman–Crippen MR) is 72.8 cm³/mol. The van der Waals surface area contributed by atoms with Crippen molar-refractivity contribution in [3.05, 3.63) is 12.3 Å². The van der Waals surface area contributed by atoms with Gasteiger partial charge in [0.25, 0.3) is 0 Å². The zero-order valence-corrected chi connectivity index (χ0v) is 11.7. The summed E-state index contributed by atoms with van der Waals surface area (Å²) in [6.07, 6.45) is 4.35. The maximum Gasteiger partial charge on any atom is 0.308 e. The van der Waals surface area contributed by atoms with Crippen molar-refractivity contribution >= 4 is 11.9 Å². The number of anilines is 1. The van der Waals surface area contributed by atoms with Gasteiger partial charge in [-0.1, -0.05) is 0 Å². The highest BCUT2D eigenvalue weighted by atomic mass is 16.5. The Balaban J connectivity index is 1.85. The van der Waals surface area contributed by atoms with E-state index in [1.165, 1.54) is 0 Å². The summed E-state index contributed by atoms with van der Waals surface area (Å²) in [5, 5.41) is 9.28. The lowest BCUT2D eigenvalue weighted by atomic mass is 9.89. The zero-order chi connectivity index (χ0) is 14.3. The molecule has 108 valence electrons. The number of nitrogens with zero attached hydrogens (tertiary/aromatic N) is 3. The second kappa shape index (κ2) is 4.92. The first-order valence-electron chi connectivity index (χ1n) is 7.07. The minimum atomic E-state index is -0.711. The van der Waals surface area contributed by atoms with Crippen LogP contribution in [0, 0.1) is 5.92 Å². The number of fused-ring (bicyclic) bond motifs is 2. The lowest BCUT2D eigenvalue weighted by Gasteiger charge is -2.23. The summed E-state index contributed by atoms with van der Waals surface area (Å²) in [6.45, 7) is 3.89. The number of hydrogen-bond donors (Lipinski definition) is 1. The molecule has 0 radical (unpaired) electrons. The van der Waals surface area contributed by atoms with Crippen LogP contribution >= 0.6 is 0 Å². The van der Waals surface area contributed by atoms with Crippen molar-refractivity contribution in [1.82, 2.24) is 9.97 Å². The molecule has 20 heavy (non-hydrogen) atoms. The van der Waals surface area contributed by atoms with Gasteiger partial charge in [0.1, 0.15) is 0 Å². The number of ether oxygens (including phenoxy) is 1. The van der Waals surface area contributed by atoms with Crippen molar-refractivity contribution < 1.29 is 14.6 Å². The highest BCUT2D eigenvalue weighted by Gasteiger charge is 2.50. The monoisotopic (exact) mass is 277 g/mol. The summed E-state index contributed by atoms with van der Waals surface area (Å²) in [4.78, 5) is 22.1. The van der Waals surface area contributed by atoms with Gasteiger partial charge in [-0.15, -0.1) is 0 Å². The topological polar surface area (TPSA) is 75.5 Å². The van der Waals surface area contributed by atoms with E-state index < -0.39 is 5.97 Å². The van der Waals surface area contributed by atoms with Gasteiger partial charge < -0.3 is 14.7 Å². The molecule has 3 heterocycles. The van der Waals surface area contributed by atoms with Gasteiger partial charge in [0, 0.05) is 24.3 Å². The molecular weight excluding hydrogens is 258 g/mol. The summed E-state index contributed by atoms with van der Waals surface area (Å²) >= 11 is 0. The number of aliphatic carboxylic acids is 1. The largest absolute Gasteiger partial charge is 0.481 e. The third-order valence-electron chi connectivity index (χ3n) is 4.06. The maximum absolute atomic E-state index is 11.3. The molecule has 3 atom stereocenters. The molecule has 1 aromatic heterocycles. The molecule has 0 saturated carbocycles. The van der Waals surface area contributed by atoms with Crippen LogP contribution in [-0.2, 0) is 4.79 Å². The van der Waals surface area contributed by atoms with Crippen LogP contribution in [0.4, 0.5) is 5.95 Å². The van der Waals surface area contributed by atoms with Crippen molar-refractivity contribution in [3.8, 4) is 5.88 Å². The molecule has 2 saturated heterocycles. The molecule has 2 bridgehead atoms. The van der Waals surface area contributed by atoms with E-state index in [-0.39, 0.29) is 24.1 Å². The summed E-state index contributed by atoms with van der Waals surface area (Å²) in [6, 6.07) is 2.00. The van der Waals surface area contributed by atoms with Crippen molar-refractivity contribution in [2.75, 3.05) is 4.90 Å². The van der Waals surface area contributed by atoms with E-state index in [1.807, 2.05) is 13.8 Å². The highest BCUT2D eigenvalue weighted by molar-refractivity contribution is 5.73. The summed E-state index contributed by atoms with van der Waals surface area (Å²) in [7, 11) is 0. The number of carbonyl (C=O) groups is 1. The lowest BCUT2D eigenvalue weighted by Crippen LogP contribution is -2.34. The number of carboxylic acids is 1. The first-order valence-corrected chi connectivity index (χ1v) is 7.07. The van der Waals surface area contributed by atoms with E-state index in [0.29, 0.717) is 18.2 Å².